The zero-order chi connectivity index (χ0) is 70.2. The number of aliphatic hydroxyl groups is 11. The Kier molecular flexibility index (Phi) is 24.3. The van der Waals surface area contributed by atoms with E-state index in [-0.39, 0.29) is 48.5 Å². The number of esters is 1. The van der Waals surface area contributed by atoms with Crippen LogP contribution in [0.1, 0.15) is 177 Å². The molecule has 8 aliphatic rings. The molecule has 1 amide bonds. The number of rotatable bonds is 23. The second-order valence-corrected chi connectivity index (χ2v) is 31.9. The lowest BCUT2D eigenvalue weighted by atomic mass is 9.37. The summed E-state index contributed by atoms with van der Waals surface area (Å²) in [5.74, 6) is 0.439. The molecule has 546 valence electrons. The first kappa shape index (κ1) is 75.9. The van der Waals surface area contributed by atoms with Crippen LogP contribution in [0.25, 0.3) is 0 Å². The van der Waals surface area contributed by atoms with Crippen molar-refractivity contribution in [3.8, 4) is 11.5 Å². The number of aliphatic hydroxyl groups excluding tert-OH is 11. The summed E-state index contributed by atoms with van der Waals surface area (Å²) in [7, 11) is 0. The number of allylic oxidation sites excluding steroid dienone is 2. The van der Waals surface area contributed by atoms with Gasteiger partial charge >= 0.3 is 5.97 Å². The second kappa shape index (κ2) is 31.0. The molecule has 0 aromatic heterocycles. The summed E-state index contributed by atoms with van der Waals surface area (Å²) in [6.45, 7) is 18.4. The summed E-state index contributed by atoms with van der Waals surface area (Å²) in [5.41, 5.74) is -2.24. The van der Waals surface area contributed by atoms with Crippen molar-refractivity contribution >= 4 is 11.9 Å². The number of para-hydroxylation sites is 1. The molecule has 7 fully saturated rings. The molecular formula is C74H113NO22. The number of ether oxygens (including phenoxy) is 9. The van der Waals surface area contributed by atoms with Gasteiger partial charge in [-0.3, -0.25) is 9.59 Å². The molecule has 4 aliphatic carbocycles. The van der Waals surface area contributed by atoms with E-state index in [2.05, 4.69) is 78.1 Å². The highest BCUT2D eigenvalue weighted by Crippen LogP contribution is 2.71. The van der Waals surface area contributed by atoms with Gasteiger partial charge in [-0.2, -0.15) is 0 Å². The van der Waals surface area contributed by atoms with Crippen molar-refractivity contribution in [2.75, 3.05) is 13.2 Å². The van der Waals surface area contributed by atoms with Crippen LogP contribution in [0.5, 0.6) is 11.5 Å². The van der Waals surface area contributed by atoms with Crippen molar-refractivity contribution in [2.45, 2.75) is 307 Å². The zero-order valence-corrected chi connectivity index (χ0v) is 58.2. The molecule has 0 radical (unpaired) electrons. The predicted molar refractivity (Wildman–Crippen MR) is 352 cm³/mol. The van der Waals surface area contributed by atoms with Gasteiger partial charge in [-0.1, -0.05) is 123 Å². The van der Waals surface area contributed by atoms with E-state index in [1.54, 1.807) is 0 Å². The van der Waals surface area contributed by atoms with Gasteiger partial charge in [0, 0.05) is 6.54 Å². The van der Waals surface area contributed by atoms with Crippen LogP contribution in [0, 0.1) is 44.3 Å². The number of fused-ring (bicyclic) bond motifs is 3. The Morgan fingerprint density at radius 3 is 1.94 bits per heavy atom. The van der Waals surface area contributed by atoms with Crippen LogP contribution in [0.15, 0.2) is 66.7 Å². The Hall–Kier alpha value is -3.80. The van der Waals surface area contributed by atoms with Gasteiger partial charge in [0.2, 0.25) is 6.29 Å². The predicted octanol–water partition coefficient (Wildman–Crippen LogP) is 5.91. The average Bonchev–Trinajstić information content (AvgIpc) is 0.807. The quantitative estimate of drug-likeness (QED) is 0.0202. The fourth-order valence-corrected chi connectivity index (χ4v) is 18.0. The highest BCUT2D eigenvalue weighted by Gasteiger charge is 2.66. The van der Waals surface area contributed by atoms with Crippen LogP contribution in [-0.2, 0) is 53.9 Å². The molecule has 0 spiro atoms. The van der Waals surface area contributed by atoms with Crippen LogP contribution in [0.3, 0.4) is 0 Å². The van der Waals surface area contributed by atoms with E-state index in [9.17, 15) is 61.0 Å². The number of hydrogen-bond donors (Lipinski definition) is 12. The number of unbranched alkanes of at least 4 members (excludes halogenated alkanes) is 5. The van der Waals surface area contributed by atoms with E-state index in [1.807, 2.05) is 42.5 Å². The molecule has 0 bridgehead atoms. The van der Waals surface area contributed by atoms with Gasteiger partial charge in [0.25, 0.3) is 5.91 Å². The lowest BCUT2D eigenvalue weighted by Gasteiger charge is -2.68. The Labute approximate surface area is 571 Å². The lowest BCUT2D eigenvalue weighted by molar-refractivity contribution is -0.373. The van der Waals surface area contributed by atoms with E-state index in [1.165, 1.54) is 19.4 Å². The van der Waals surface area contributed by atoms with Gasteiger partial charge < -0.3 is 104 Å². The maximum absolute atomic E-state index is 15.5. The summed E-state index contributed by atoms with van der Waals surface area (Å²) >= 11 is 0. The van der Waals surface area contributed by atoms with Crippen molar-refractivity contribution < 1.29 is 108 Å². The number of carbonyl (C=O) groups is 2. The molecule has 2 aromatic rings. The number of nitrogens with one attached hydrogen (secondary N) is 1. The minimum Gasteiger partial charge on any atom is -0.457 e. The van der Waals surface area contributed by atoms with Crippen LogP contribution in [0.4, 0.5) is 0 Å². The van der Waals surface area contributed by atoms with Crippen molar-refractivity contribution in [2.24, 2.45) is 44.3 Å². The Bertz CT molecular complexity index is 2920. The standard InChI is InChI=1S/C74H113NO22/c1-41-51(78)54(81)62(96-65-59(86)56(83)60(42(2)91-65)94-64-57(84)52(79)46(76)40-89-64)67(90-41)97-68(88)74(33-20-31-69(3,4)36-37-74)49(77)39-71(7)32-19-24-48-72(8)34-30-50(70(5,6)47(72)29-35-73(48,71)9)93-66-58(85)53(80)55(82)61(95-66)63(87)75-38-18-13-11-10-12-15-21-43-25-27-45(28-26-43)92-44-22-16-14-17-23-44/h14,16-17,19,22-23,25-28,32,41-42,46-62,64-67,76-86H,10-13,15,18,20-21,24,29-31,33-40H2,1-9H3,(H,75,87)/t41?,42?,46-,47+,48?,49+,50+,51+,52+,53+,54?,55+,56-,57?,58?,59?,60+,61?,62+,64+,65+,66-,67+,71?,72?,73+,74+/m1/s1. The summed E-state index contributed by atoms with van der Waals surface area (Å²) < 4.78 is 54.6. The SMILES string of the molecule is CC1O[C@@H](OC(=O)[C@@]2([C@@H](O)CC3(C)C=CCC4C5(C)CC[C@H](O[C@@H]6OC(C(=O)NCCCCCCCCc7ccc(Oc8ccccc8)cc7)[C@@H](O)[C@H](O)C6O)C(C)(C)[C@@H]5CC[C@@]43C)CCCC(C)(C)CC2)[C@@H](O[C@@H]2OC(C)[C@H](O[C@@H]3OC[C@@H](O)[C@H](O)C3O)[C@H](O)C2O)C(O)[C@H]1O. The molecule has 27 atom stereocenters. The summed E-state index contributed by atoms with van der Waals surface area (Å²) in [6, 6.07) is 17.9. The molecule has 12 N–H and O–H groups in total. The van der Waals surface area contributed by atoms with Gasteiger partial charge in [0.1, 0.15) is 78.6 Å². The summed E-state index contributed by atoms with van der Waals surface area (Å²) in [5, 5.41) is 126. The monoisotopic (exact) mass is 1370 g/mol. The molecule has 23 heteroatoms. The van der Waals surface area contributed by atoms with Gasteiger partial charge in [-0.05, 0) is 166 Å². The second-order valence-electron chi connectivity index (χ2n) is 31.9. The third-order valence-corrected chi connectivity index (χ3v) is 24.6. The van der Waals surface area contributed by atoms with Gasteiger partial charge in [0.15, 0.2) is 31.1 Å². The molecule has 23 nitrogen and oxygen atoms in total. The van der Waals surface area contributed by atoms with Gasteiger partial charge in [0.05, 0.1) is 36.4 Å². The molecule has 97 heavy (non-hydrogen) atoms. The molecule has 4 heterocycles. The summed E-state index contributed by atoms with van der Waals surface area (Å²) in [6.07, 6.45) is -13.9. The molecule has 10 unspecified atom stereocenters. The van der Waals surface area contributed by atoms with Crippen LogP contribution >= 0.6 is 0 Å². The highest BCUT2D eigenvalue weighted by atomic mass is 16.8. The third-order valence-electron chi connectivity index (χ3n) is 24.6. The smallest absolute Gasteiger partial charge is 0.317 e. The largest absolute Gasteiger partial charge is 0.457 e. The number of amides is 1. The number of aryl methyl sites for hydroxylation is 1. The van der Waals surface area contributed by atoms with Crippen molar-refractivity contribution in [3.05, 3.63) is 72.3 Å². The van der Waals surface area contributed by atoms with Crippen LogP contribution in [0.2, 0.25) is 0 Å². The average molecular weight is 1370 g/mol. The minimum atomic E-state index is -1.89. The molecule has 10 rings (SSSR count). The van der Waals surface area contributed by atoms with E-state index in [4.69, 9.17) is 42.6 Å². The van der Waals surface area contributed by atoms with E-state index in [0.717, 1.165) is 88.5 Å². The maximum Gasteiger partial charge on any atom is 0.317 e. The van der Waals surface area contributed by atoms with E-state index < -0.39 is 162 Å². The van der Waals surface area contributed by atoms with E-state index >= 15 is 4.79 Å². The Morgan fingerprint density at radius 2 is 1.22 bits per heavy atom. The lowest BCUT2D eigenvalue weighted by Crippen LogP contribution is -2.65. The normalized spacial score (nSPS) is 43.1. The maximum atomic E-state index is 15.5. The molecule has 4 aliphatic heterocycles. The van der Waals surface area contributed by atoms with Gasteiger partial charge in [-0.15, -0.1) is 0 Å². The fraction of sp³-hybridized carbons (Fsp3) is 0.784. The first-order valence-corrected chi connectivity index (χ1v) is 35.9. The minimum absolute atomic E-state index is 0.0934. The highest BCUT2D eigenvalue weighted by molar-refractivity contribution is 5.81. The van der Waals surface area contributed by atoms with Crippen molar-refractivity contribution in [3.63, 3.8) is 0 Å². The number of hydrogen-bond acceptors (Lipinski definition) is 22. The number of benzene rings is 2. The van der Waals surface area contributed by atoms with Crippen molar-refractivity contribution in [1.82, 2.24) is 5.32 Å². The first-order chi connectivity index (χ1) is 45.8. The van der Waals surface area contributed by atoms with Crippen molar-refractivity contribution in [1.29, 1.82) is 0 Å². The van der Waals surface area contributed by atoms with E-state index in [0.29, 0.717) is 25.8 Å². The van der Waals surface area contributed by atoms with Crippen LogP contribution in [-0.4, -0.2) is 210 Å². The fourth-order valence-electron chi connectivity index (χ4n) is 18.0. The topological polar surface area (TPSA) is 352 Å². The number of carbonyl (C=O) groups excluding carboxylic acids is 2. The first-order valence-electron chi connectivity index (χ1n) is 35.9. The van der Waals surface area contributed by atoms with Gasteiger partial charge in [-0.25, -0.2) is 0 Å². The Balaban J connectivity index is 0.750. The molecule has 4 saturated heterocycles. The zero-order valence-electron chi connectivity index (χ0n) is 58.2. The summed E-state index contributed by atoms with van der Waals surface area (Å²) in [4.78, 5) is 29.2. The molecule has 2 aromatic carbocycles. The van der Waals surface area contributed by atoms with Crippen LogP contribution < -0.4 is 10.1 Å². The Morgan fingerprint density at radius 1 is 0.588 bits per heavy atom. The third kappa shape index (κ3) is 15.9. The molecular weight excluding hydrogens is 1250 g/mol. The molecule has 3 saturated carbocycles.